The molecule has 5 heterocycles. The van der Waals surface area contributed by atoms with E-state index in [1.54, 1.807) is 20.5 Å². The van der Waals surface area contributed by atoms with Crippen LogP contribution in [0.15, 0.2) is 98.1 Å². The molecule has 1 aliphatic rings. The number of rotatable bonds is 6. The summed E-state index contributed by atoms with van der Waals surface area (Å²) in [4.78, 5) is 44.9. The number of nitrogens with zero attached hydrogens (tertiary/aromatic N) is 12. The van der Waals surface area contributed by atoms with Gasteiger partial charge in [0.2, 0.25) is 0 Å². The second-order valence-corrected chi connectivity index (χ2v) is 10.9. The Morgan fingerprint density at radius 1 is 0.417 bits per heavy atom. The first-order chi connectivity index (χ1) is 23.5. The Labute approximate surface area is 277 Å². The lowest BCUT2D eigenvalue weighted by Crippen LogP contribution is -2.24. The predicted molar refractivity (Wildman–Crippen MR) is 182 cm³/mol. The molecule has 0 unspecified atom stereocenters. The van der Waals surface area contributed by atoms with Crippen LogP contribution in [0.3, 0.4) is 0 Å². The summed E-state index contributed by atoms with van der Waals surface area (Å²) in [5.41, 5.74) is 2.05. The lowest BCUT2D eigenvalue weighted by molar-refractivity contribution is 0.414. The van der Waals surface area contributed by atoms with Gasteiger partial charge in [-0.3, -0.25) is 0 Å². The van der Waals surface area contributed by atoms with Crippen LogP contribution >= 0.6 is 0 Å². The summed E-state index contributed by atoms with van der Waals surface area (Å²) >= 11 is 0. The van der Waals surface area contributed by atoms with Gasteiger partial charge >= 0.3 is 0 Å². The molecule has 6 aromatic rings. The third-order valence-electron chi connectivity index (χ3n) is 8.03. The molecular formula is C34H32N12O2. The molecule has 14 heteroatoms. The van der Waals surface area contributed by atoms with E-state index in [-0.39, 0.29) is 0 Å². The van der Waals surface area contributed by atoms with Crippen molar-refractivity contribution in [3.05, 3.63) is 109 Å². The van der Waals surface area contributed by atoms with E-state index in [1.165, 1.54) is 19.0 Å². The maximum atomic E-state index is 5.40. The highest BCUT2D eigenvalue weighted by Gasteiger charge is 2.22. The molecule has 0 saturated heterocycles. The van der Waals surface area contributed by atoms with Gasteiger partial charge in [-0.1, -0.05) is 24.3 Å². The maximum Gasteiger partial charge on any atom is 0.139 e. The van der Waals surface area contributed by atoms with Crippen molar-refractivity contribution in [3.63, 3.8) is 0 Å². The van der Waals surface area contributed by atoms with Crippen LogP contribution in [-0.4, -0.2) is 68.2 Å². The fraction of sp³-hybridized carbons (Fsp3) is 0.176. The fourth-order valence-electron chi connectivity index (χ4n) is 5.29. The van der Waals surface area contributed by atoms with Crippen LogP contribution in [0.1, 0.15) is 11.1 Å². The molecule has 0 radical (unpaired) electrons. The zero-order valence-corrected chi connectivity index (χ0v) is 26.8. The molecule has 7 rings (SSSR count). The smallest absolute Gasteiger partial charge is 0.139 e. The lowest BCUT2D eigenvalue weighted by atomic mass is 10.2. The molecule has 240 valence electrons. The molecule has 0 saturated carbocycles. The van der Waals surface area contributed by atoms with Crippen LogP contribution < -0.4 is 29.1 Å². The van der Waals surface area contributed by atoms with Gasteiger partial charge in [0.25, 0.3) is 0 Å². The van der Waals surface area contributed by atoms with E-state index in [2.05, 4.69) is 19.9 Å². The van der Waals surface area contributed by atoms with Gasteiger partial charge < -0.3 is 29.1 Å². The van der Waals surface area contributed by atoms with Crippen LogP contribution in [0.2, 0.25) is 0 Å². The highest BCUT2D eigenvalue weighted by Crippen LogP contribution is 2.34. The van der Waals surface area contributed by atoms with Crippen LogP contribution in [0.4, 0.5) is 46.5 Å². The van der Waals surface area contributed by atoms with Gasteiger partial charge in [0, 0.05) is 38.4 Å². The molecule has 0 aliphatic carbocycles. The van der Waals surface area contributed by atoms with Gasteiger partial charge in [0.15, 0.2) is 0 Å². The number of anilines is 8. The minimum Gasteiger partial charge on any atom is -0.497 e. The Morgan fingerprint density at radius 2 is 0.688 bits per heavy atom. The molecule has 0 spiro atoms. The summed E-state index contributed by atoms with van der Waals surface area (Å²) in [6.45, 7) is 0.915. The lowest BCUT2D eigenvalue weighted by Gasteiger charge is -2.28. The van der Waals surface area contributed by atoms with E-state index in [1.807, 2.05) is 106 Å². The third-order valence-corrected chi connectivity index (χ3v) is 8.03. The monoisotopic (exact) mass is 640 g/mol. The number of ether oxygens (including phenoxy) is 2. The van der Waals surface area contributed by atoms with Crippen molar-refractivity contribution in [1.29, 1.82) is 0 Å². The summed E-state index contributed by atoms with van der Waals surface area (Å²) in [5, 5.41) is 0. The van der Waals surface area contributed by atoms with Gasteiger partial charge in [0.1, 0.15) is 83.4 Å². The first-order valence-corrected chi connectivity index (χ1v) is 15.1. The Balaban J connectivity index is 1.41. The van der Waals surface area contributed by atoms with Gasteiger partial charge in [-0.15, -0.1) is 0 Å². The molecule has 0 amide bonds. The molecular weight excluding hydrogens is 608 g/mol. The second kappa shape index (κ2) is 13.1. The van der Waals surface area contributed by atoms with Crippen molar-refractivity contribution in [2.75, 3.05) is 47.9 Å². The van der Waals surface area contributed by atoms with Crippen LogP contribution in [0.5, 0.6) is 11.5 Å². The molecule has 1 aliphatic heterocycles. The van der Waals surface area contributed by atoms with Crippen LogP contribution in [0, 0.1) is 0 Å². The molecule has 0 fully saturated rings. The van der Waals surface area contributed by atoms with Crippen molar-refractivity contribution in [2.24, 2.45) is 0 Å². The van der Waals surface area contributed by atoms with Crippen molar-refractivity contribution in [3.8, 4) is 11.5 Å². The number of hydrogen-bond donors (Lipinski definition) is 0. The molecule has 2 aromatic carbocycles. The average Bonchev–Trinajstić information content (AvgIpc) is 3.15. The summed E-state index contributed by atoms with van der Waals surface area (Å²) in [7, 11) is 7.10. The van der Waals surface area contributed by atoms with Crippen LogP contribution in [-0.2, 0) is 13.1 Å². The van der Waals surface area contributed by atoms with E-state index >= 15 is 0 Å². The van der Waals surface area contributed by atoms with E-state index in [0.717, 1.165) is 22.6 Å². The highest BCUT2D eigenvalue weighted by atomic mass is 16.5. The van der Waals surface area contributed by atoms with Crippen molar-refractivity contribution >= 4 is 46.5 Å². The van der Waals surface area contributed by atoms with Gasteiger partial charge in [-0.05, 0) is 35.4 Å². The molecule has 14 nitrogen and oxygen atoms in total. The summed E-state index contributed by atoms with van der Waals surface area (Å²) in [5.74, 6) is 6.64. The maximum absolute atomic E-state index is 5.40. The Kier molecular flexibility index (Phi) is 8.26. The first-order valence-electron chi connectivity index (χ1n) is 15.1. The molecule has 0 atom stereocenters. The normalized spacial score (nSPS) is 12.6. The number of methoxy groups -OCH3 is 2. The molecule has 0 N–H and O–H groups in total. The second-order valence-electron chi connectivity index (χ2n) is 10.9. The quantitative estimate of drug-likeness (QED) is 0.230. The number of benzene rings is 2. The van der Waals surface area contributed by atoms with Gasteiger partial charge in [0.05, 0.1) is 27.3 Å². The standard InChI is InChI=1S/C34H32N12O2/c1-43-27-13-28(36-19-35-27)44(2)30-15-32(40-21-38-30)46(18-24-7-11-26(48-4)12-8-24)34-16-33(41-22-42-34)45(31-14-29(43)37-20-39-31)17-23-5-9-25(47-3)10-6-23/h5-16,19-22H,17-18H2,1-4H3. The number of fused-ring (bicyclic) bond motifs is 8. The minimum atomic E-state index is 0.458. The SMILES string of the molecule is COc1ccc(CN2c3cc(ncn3)N(C)c3cc(ncn3)N(C)c3cc(ncn3)N(Cc3ccc(OC)cc3)c3cc2ncn3)cc1. The largest absolute Gasteiger partial charge is 0.497 e. The van der Waals surface area contributed by atoms with Crippen molar-refractivity contribution in [1.82, 2.24) is 39.9 Å². The number of hydrogen-bond acceptors (Lipinski definition) is 14. The topological polar surface area (TPSA) is 135 Å². The van der Waals surface area contributed by atoms with E-state index in [4.69, 9.17) is 29.4 Å². The summed E-state index contributed by atoms with van der Waals surface area (Å²) in [6, 6.07) is 23.4. The zero-order chi connectivity index (χ0) is 33.0. The van der Waals surface area contributed by atoms with Gasteiger partial charge in [-0.2, -0.15) is 0 Å². The molecule has 48 heavy (non-hydrogen) atoms. The molecule has 4 aromatic heterocycles. The van der Waals surface area contributed by atoms with E-state index in [9.17, 15) is 0 Å². The zero-order valence-electron chi connectivity index (χ0n) is 26.8. The summed E-state index contributed by atoms with van der Waals surface area (Å²) < 4.78 is 10.8. The van der Waals surface area contributed by atoms with E-state index < -0.39 is 0 Å². The Morgan fingerprint density at radius 3 is 1.00 bits per heavy atom. The first kappa shape index (κ1) is 30.2. The van der Waals surface area contributed by atoms with E-state index in [0.29, 0.717) is 59.6 Å². The molecule has 8 bridgehead atoms. The number of aromatic nitrogens is 8. The Bertz CT molecular complexity index is 1890. The fourth-order valence-corrected chi connectivity index (χ4v) is 5.29. The third kappa shape index (κ3) is 6.18. The average molecular weight is 641 g/mol. The predicted octanol–water partition coefficient (Wildman–Crippen LogP) is 5.39. The van der Waals surface area contributed by atoms with Crippen molar-refractivity contribution in [2.45, 2.75) is 13.1 Å². The highest BCUT2D eigenvalue weighted by molar-refractivity contribution is 5.70. The van der Waals surface area contributed by atoms with Crippen molar-refractivity contribution < 1.29 is 9.47 Å². The minimum absolute atomic E-state index is 0.458. The summed E-state index contributed by atoms with van der Waals surface area (Å²) in [6.07, 6.45) is 6.15. The Hall–Kier alpha value is -6.44. The van der Waals surface area contributed by atoms with Crippen LogP contribution in [0.25, 0.3) is 0 Å². The van der Waals surface area contributed by atoms with Gasteiger partial charge in [-0.25, -0.2) is 39.9 Å².